The maximum absolute atomic E-state index is 11.9. The lowest BCUT2D eigenvalue weighted by Gasteiger charge is -2.01. The van der Waals surface area contributed by atoms with E-state index in [-0.39, 0.29) is 5.91 Å². The molecule has 1 heterocycles. The number of nitrogens with one attached hydrogen (secondary N) is 1. The van der Waals surface area contributed by atoms with Crippen molar-refractivity contribution in [1.29, 1.82) is 0 Å². The Morgan fingerprint density at radius 1 is 1.00 bits per heavy atom. The molecular formula is C19H15ClN2O2. The average molecular weight is 339 g/mol. The minimum atomic E-state index is -0.246. The van der Waals surface area contributed by atoms with Crippen LogP contribution >= 0.6 is 11.6 Å². The van der Waals surface area contributed by atoms with Crippen LogP contribution in [0.25, 0.3) is 17.4 Å². The van der Waals surface area contributed by atoms with Crippen molar-refractivity contribution in [2.24, 2.45) is 0 Å². The van der Waals surface area contributed by atoms with Crippen LogP contribution in [-0.2, 0) is 4.79 Å². The fraction of sp³-hybridized carbons (Fsp3) is 0. The molecule has 0 bridgehead atoms. The van der Waals surface area contributed by atoms with Crippen molar-refractivity contribution in [2.45, 2.75) is 0 Å². The van der Waals surface area contributed by atoms with Crippen molar-refractivity contribution in [3.63, 3.8) is 0 Å². The molecule has 3 N–H and O–H groups in total. The number of nitrogens with two attached hydrogens (primary N) is 1. The predicted octanol–water partition coefficient (Wildman–Crippen LogP) is 4.83. The summed E-state index contributed by atoms with van der Waals surface area (Å²) in [6, 6.07) is 17.9. The number of rotatable bonds is 4. The maximum atomic E-state index is 11.9. The number of furan rings is 1. The lowest BCUT2D eigenvalue weighted by atomic mass is 10.2. The molecule has 24 heavy (non-hydrogen) atoms. The fourth-order valence-corrected chi connectivity index (χ4v) is 2.25. The number of amides is 1. The van der Waals surface area contributed by atoms with Gasteiger partial charge in [-0.1, -0.05) is 11.6 Å². The van der Waals surface area contributed by atoms with Gasteiger partial charge in [0, 0.05) is 28.0 Å². The van der Waals surface area contributed by atoms with Crippen molar-refractivity contribution in [3.8, 4) is 11.3 Å². The van der Waals surface area contributed by atoms with E-state index in [2.05, 4.69) is 5.32 Å². The molecule has 1 aromatic heterocycles. The van der Waals surface area contributed by atoms with E-state index in [1.54, 1.807) is 48.5 Å². The molecule has 4 nitrogen and oxygen atoms in total. The molecule has 0 saturated heterocycles. The minimum absolute atomic E-state index is 0.246. The Kier molecular flexibility index (Phi) is 4.68. The smallest absolute Gasteiger partial charge is 0.248 e. The Balaban J connectivity index is 1.65. The largest absolute Gasteiger partial charge is 0.457 e. The van der Waals surface area contributed by atoms with Gasteiger partial charge in [-0.2, -0.15) is 0 Å². The van der Waals surface area contributed by atoms with Crippen LogP contribution in [-0.4, -0.2) is 5.91 Å². The molecule has 2 aromatic carbocycles. The monoisotopic (exact) mass is 338 g/mol. The molecule has 1 amide bonds. The van der Waals surface area contributed by atoms with Gasteiger partial charge < -0.3 is 15.5 Å². The number of hydrogen-bond donors (Lipinski definition) is 2. The zero-order valence-corrected chi connectivity index (χ0v) is 13.5. The molecule has 0 atom stereocenters. The van der Waals surface area contributed by atoms with Crippen LogP contribution in [0.15, 0.2) is 71.2 Å². The summed E-state index contributed by atoms with van der Waals surface area (Å²) in [6.45, 7) is 0. The number of carbonyl (C=O) groups is 1. The summed E-state index contributed by atoms with van der Waals surface area (Å²) in [5.41, 5.74) is 7.85. The Labute approximate surface area is 144 Å². The summed E-state index contributed by atoms with van der Waals surface area (Å²) >= 11 is 5.87. The topological polar surface area (TPSA) is 68.3 Å². The first-order chi connectivity index (χ1) is 11.6. The number of nitrogen functional groups attached to an aromatic ring is 1. The molecule has 0 fully saturated rings. The highest BCUT2D eigenvalue weighted by atomic mass is 35.5. The van der Waals surface area contributed by atoms with E-state index in [9.17, 15) is 4.79 Å². The van der Waals surface area contributed by atoms with E-state index >= 15 is 0 Å². The number of carbonyl (C=O) groups excluding carboxylic acids is 1. The van der Waals surface area contributed by atoms with Gasteiger partial charge in [0.2, 0.25) is 5.91 Å². The number of halogens is 1. The quantitative estimate of drug-likeness (QED) is 0.528. The Morgan fingerprint density at radius 2 is 1.71 bits per heavy atom. The summed E-state index contributed by atoms with van der Waals surface area (Å²) in [6.07, 6.45) is 3.03. The van der Waals surface area contributed by atoms with E-state index in [1.165, 1.54) is 6.08 Å². The van der Waals surface area contributed by atoms with E-state index in [0.717, 1.165) is 5.56 Å². The molecule has 0 saturated carbocycles. The Morgan fingerprint density at radius 3 is 2.42 bits per heavy atom. The summed E-state index contributed by atoms with van der Waals surface area (Å²) in [4.78, 5) is 11.9. The van der Waals surface area contributed by atoms with Gasteiger partial charge in [0.25, 0.3) is 0 Å². The highest BCUT2D eigenvalue weighted by Gasteiger charge is 2.04. The van der Waals surface area contributed by atoms with E-state index in [1.807, 2.05) is 18.2 Å². The highest BCUT2D eigenvalue weighted by molar-refractivity contribution is 6.30. The van der Waals surface area contributed by atoms with Gasteiger partial charge in [0.05, 0.1) is 0 Å². The summed E-state index contributed by atoms with van der Waals surface area (Å²) < 4.78 is 5.70. The second-order valence-corrected chi connectivity index (χ2v) is 5.59. The lowest BCUT2D eigenvalue weighted by molar-refractivity contribution is -0.111. The third kappa shape index (κ3) is 4.06. The molecule has 0 aliphatic heterocycles. The van der Waals surface area contributed by atoms with Crippen molar-refractivity contribution in [1.82, 2.24) is 0 Å². The van der Waals surface area contributed by atoms with Crippen LogP contribution in [0.3, 0.4) is 0 Å². The van der Waals surface area contributed by atoms with Crippen molar-refractivity contribution in [3.05, 3.63) is 77.5 Å². The lowest BCUT2D eigenvalue weighted by Crippen LogP contribution is -2.07. The van der Waals surface area contributed by atoms with Gasteiger partial charge in [-0.3, -0.25) is 4.79 Å². The van der Waals surface area contributed by atoms with E-state index in [0.29, 0.717) is 27.9 Å². The Bertz CT molecular complexity index is 865. The second-order valence-electron chi connectivity index (χ2n) is 5.15. The van der Waals surface area contributed by atoms with Crippen LogP contribution in [0, 0.1) is 0 Å². The van der Waals surface area contributed by atoms with Gasteiger partial charge in [0.15, 0.2) is 0 Å². The van der Waals surface area contributed by atoms with Crippen LogP contribution in [0.5, 0.6) is 0 Å². The van der Waals surface area contributed by atoms with Crippen LogP contribution < -0.4 is 11.1 Å². The summed E-state index contributed by atoms with van der Waals surface area (Å²) in [5, 5.41) is 3.42. The first-order valence-electron chi connectivity index (χ1n) is 7.30. The zero-order chi connectivity index (χ0) is 16.9. The molecule has 0 aliphatic carbocycles. The zero-order valence-electron chi connectivity index (χ0n) is 12.7. The molecule has 0 unspecified atom stereocenters. The Hall–Kier alpha value is -2.98. The van der Waals surface area contributed by atoms with Crippen molar-refractivity contribution < 1.29 is 9.21 Å². The van der Waals surface area contributed by atoms with Crippen LogP contribution in [0.4, 0.5) is 11.4 Å². The standard InChI is InChI=1S/C19H15ClN2O2/c20-14-3-1-13(2-4-14)18-11-9-17(24-18)10-12-19(23)22-16-7-5-15(21)6-8-16/h1-12H,21H2,(H,22,23)/b12-10+. The van der Waals surface area contributed by atoms with Crippen molar-refractivity contribution >= 4 is 35.0 Å². The van der Waals surface area contributed by atoms with E-state index < -0.39 is 0 Å². The first-order valence-corrected chi connectivity index (χ1v) is 7.68. The highest BCUT2D eigenvalue weighted by Crippen LogP contribution is 2.24. The molecular weight excluding hydrogens is 324 g/mol. The average Bonchev–Trinajstić information content (AvgIpc) is 3.05. The van der Waals surface area contributed by atoms with Gasteiger partial charge in [-0.15, -0.1) is 0 Å². The fourth-order valence-electron chi connectivity index (χ4n) is 2.12. The van der Waals surface area contributed by atoms with E-state index in [4.69, 9.17) is 21.8 Å². The minimum Gasteiger partial charge on any atom is -0.457 e. The van der Waals surface area contributed by atoms with Crippen LogP contribution in [0.1, 0.15) is 5.76 Å². The van der Waals surface area contributed by atoms with Gasteiger partial charge >= 0.3 is 0 Å². The SMILES string of the molecule is Nc1ccc(NC(=O)/C=C/c2ccc(-c3ccc(Cl)cc3)o2)cc1. The predicted molar refractivity (Wildman–Crippen MR) is 97.7 cm³/mol. The van der Waals surface area contributed by atoms with Crippen molar-refractivity contribution in [2.75, 3.05) is 11.1 Å². The summed E-state index contributed by atoms with van der Waals surface area (Å²) in [5.74, 6) is 1.06. The number of benzene rings is 2. The number of anilines is 2. The summed E-state index contributed by atoms with van der Waals surface area (Å²) in [7, 11) is 0. The van der Waals surface area contributed by atoms with Gasteiger partial charge in [-0.05, 0) is 66.7 Å². The van der Waals surface area contributed by atoms with Crippen LogP contribution in [0.2, 0.25) is 5.02 Å². The number of hydrogen-bond acceptors (Lipinski definition) is 3. The van der Waals surface area contributed by atoms with Gasteiger partial charge in [-0.25, -0.2) is 0 Å². The molecule has 5 heteroatoms. The molecule has 120 valence electrons. The molecule has 0 aliphatic rings. The molecule has 3 aromatic rings. The third-order valence-electron chi connectivity index (χ3n) is 3.33. The molecule has 0 radical (unpaired) electrons. The molecule has 3 rings (SSSR count). The molecule has 0 spiro atoms. The normalized spacial score (nSPS) is 10.9. The van der Waals surface area contributed by atoms with Gasteiger partial charge in [0.1, 0.15) is 11.5 Å². The first kappa shape index (κ1) is 15.9. The third-order valence-corrected chi connectivity index (χ3v) is 3.58. The second kappa shape index (κ2) is 7.06. The maximum Gasteiger partial charge on any atom is 0.248 e.